The smallest absolute Gasteiger partial charge is 0.269 e. The van der Waals surface area contributed by atoms with Crippen molar-refractivity contribution >= 4 is 44.8 Å². The van der Waals surface area contributed by atoms with Gasteiger partial charge in [-0.25, -0.2) is 21.2 Å². The van der Waals surface area contributed by atoms with E-state index in [0.29, 0.717) is 40.1 Å². The van der Waals surface area contributed by atoms with Crippen LogP contribution < -0.4 is 10.6 Å². The molecule has 0 saturated heterocycles. The van der Waals surface area contributed by atoms with E-state index in [1.54, 1.807) is 32.3 Å². The SMILES string of the molecule is CNCc1cn(S(=O)(=O)c2cncc(F)c2)c2cc(Nc3ccc(F)cc3C)cnc12.Cl. The standard InChI is InChI=1S/C21H19F2N5O2S.ClH/c1-13-5-15(22)3-4-19(13)27-17-7-20-21(26-10-17)14(8-24-2)12-28(20)31(29,30)18-6-16(23)9-25-11-18;/h3-7,9-12,24,27H,8H2,1-2H3;1H. The lowest BCUT2D eigenvalue weighted by atomic mass is 10.2. The summed E-state index contributed by atoms with van der Waals surface area (Å²) in [5, 5.41) is 6.12. The summed E-state index contributed by atoms with van der Waals surface area (Å²) in [4.78, 5) is 7.82. The molecule has 1 aromatic carbocycles. The minimum absolute atomic E-state index is 0. The first-order chi connectivity index (χ1) is 14.8. The molecule has 0 spiro atoms. The quantitative estimate of drug-likeness (QED) is 0.432. The molecule has 0 aliphatic carbocycles. The van der Waals surface area contributed by atoms with Gasteiger partial charge in [-0.05, 0) is 49.9 Å². The molecule has 4 rings (SSSR count). The highest BCUT2D eigenvalue weighted by atomic mass is 35.5. The third-order valence-electron chi connectivity index (χ3n) is 4.75. The monoisotopic (exact) mass is 479 g/mol. The highest BCUT2D eigenvalue weighted by Crippen LogP contribution is 2.29. The predicted molar refractivity (Wildman–Crippen MR) is 121 cm³/mol. The number of anilines is 2. The van der Waals surface area contributed by atoms with Gasteiger partial charge in [-0.1, -0.05) is 0 Å². The van der Waals surface area contributed by atoms with Crippen molar-refractivity contribution in [2.75, 3.05) is 12.4 Å². The molecule has 0 atom stereocenters. The van der Waals surface area contributed by atoms with Crippen molar-refractivity contribution in [3.8, 4) is 0 Å². The third-order valence-corrected chi connectivity index (χ3v) is 6.39. The number of pyridine rings is 2. The molecule has 0 unspecified atom stereocenters. The van der Waals surface area contributed by atoms with Gasteiger partial charge in [0.25, 0.3) is 10.0 Å². The van der Waals surface area contributed by atoms with Gasteiger partial charge >= 0.3 is 0 Å². The fraction of sp³-hybridized carbons (Fsp3) is 0.143. The summed E-state index contributed by atoms with van der Waals surface area (Å²) in [5.74, 6) is -1.10. The van der Waals surface area contributed by atoms with Crippen molar-refractivity contribution < 1.29 is 17.2 Å². The lowest BCUT2D eigenvalue weighted by Gasteiger charge is -2.11. The molecular weight excluding hydrogens is 460 g/mol. The molecule has 3 heterocycles. The molecule has 168 valence electrons. The Kier molecular flexibility index (Phi) is 6.77. The minimum Gasteiger partial charge on any atom is -0.354 e. The molecule has 0 aliphatic heterocycles. The largest absolute Gasteiger partial charge is 0.354 e. The van der Waals surface area contributed by atoms with Gasteiger partial charge in [0, 0.05) is 30.2 Å². The zero-order valence-corrected chi connectivity index (χ0v) is 18.8. The van der Waals surface area contributed by atoms with Gasteiger partial charge < -0.3 is 10.6 Å². The number of nitrogens with one attached hydrogen (secondary N) is 2. The van der Waals surface area contributed by atoms with E-state index < -0.39 is 15.8 Å². The number of fused-ring (bicyclic) bond motifs is 1. The van der Waals surface area contributed by atoms with Gasteiger partial charge in [0.2, 0.25) is 0 Å². The fourth-order valence-corrected chi connectivity index (χ4v) is 4.64. The second kappa shape index (κ2) is 9.19. The predicted octanol–water partition coefficient (Wildman–Crippen LogP) is 4.14. The van der Waals surface area contributed by atoms with Gasteiger partial charge in [-0.15, -0.1) is 12.4 Å². The Hall–Kier alpha value is -3.08. The van der Waals surface area contributed by atoms with E-state index >= 15 is 0 Å². The van der Waals surface area contributed by atoms with Crippen LogP contribution in [-0.2, 0) is 16.6 Å². The summed E-state index contributed by atoms with van der Waals surface area (Å²) in [6, 6.07) is 6.87. The molecule has 0 fully saturated rings. The number of aryl methyl sites for hydroxylation is 1. The van der Waals surface area contributed by atoms with Crippen LogP contribution in [0.15, 0.2) is 60.0 Å². The molecule has 0 saturated carbocycles. The molecule has 2 N–H and O–H groups in total. The van der Waals surface area contributed by atoms with Gasteiger partial charge in [0.15, 0.2) is 0 Å². The topological polar surface area (TPSA) is 88.9 Å². The maximum absolute atomic E-state index is 13.6. The molecule has 7 nitrogen and oxygen atoms in total. The van der Waals surface area contributed by atoms with E-state index in [1.165, 1.54) is 18.3 Å². The highest BCUT2D eigenvalue weighted by Gasteiger charge is 2.23. The van der Waals surface area contributed by atoms with Crippen LogP contribution in [0.2, 0.25) is 0 Å². The van der Waals surface area contributed by atoms with Crippen LogP contribution in [-0.4, -0.2) is 29.4 Å². The first-order valence-corrected chi connectivity index (χ1v) is 10.8. The Balaban J connectivity index is 0.00000289. The van der Waals surface area contributed by atoms with Crippen LogP contribution in [0.5, 0.6) is 0 Å². The van der Waals surface area contributed by atoms with Gasteiger partial charge in [-0.2, -0.15) is 0 Å². The first kappa shape index (κ1) is 23.6. The summed E-state index contributed by atoms with van der Waals surface area (Å²) in [6.45, 7) is 2.14. The number of nitrogens with zero attached hydrogens (tertiary/aromatic N) is 3. The molecule has 0 aliphatic rings. The van der Waals surface area contributed by atoms with Crippen LogP contribution in [0.1, 0.15) is 11.1 Å². The van der Waals surface area contributed by atoms with Crippen molar-refractivity contribution in [3.63, 3.8) is 0 Å². The molecule has 3 aromatic heterocycles. The molecular formula is C21H20ClF2N5O2S. The number of rotatable bonds is 6. The second-order valence-corrected chi connectivity index (χ2v) is 8.82. The number of hydrogen-bond donors (Lipinski definition) is 2. The van der Waals surface area contributed by atoms with Gasteiger partial charge in [0.05, 0.1) is 29.1 Å². The van der Waals surface area contributed by atoms with Gasteiger partial charge in [-0.3, -0.25) is 9.97 Å². The highest BCUT2D eigenvalue weighted by molar-refractivity contribution is 7.90. The van der Waals surface area contributed by atoms with E-state index in [1.807, 2.05) is 0 Å². The average molecular weight is 480 g/mol. The molecule has 32 heavy (non-hydrogen) atoms. The molecule has 4 aromatic rings. The zero-order valence-electron chi connectivity index (χ0n) is 17.1. The maximum Gasteiger partial charge on any atom is 0.269 e. The van der Waals surface area contributed by atoms with Crippen LogP contribution in [0.25, 0.3) is 11.0 Å². The molecule has 0 bridgehead atoms. The van der Waals surface area contributed by atoms with Crippen LogP contribution in [0.4, 0.5) is 20.2 Å². The fourth-order valence-electron chi connectivity index (χ4n) is 3.30. The molecule has 0 amide bonds. The lowest BCUT2D eigenvalue weighted by Crippen LogP contribution is -2.13. The summed E-state index contributed by atoms with van der Waals surface area (Å²) in [7, 11) is -2.38. The van der Waals surface area contributed by atoms with E-state index in [0.717, 1.165) is 22.4 Å². The van der Waals surface area contributed by atoms with Crippen LogP contribution in [0.3, 0.4) is 0 Å². The molecule has 0 radical (unpaired) electrons. The minimum atomic E-state index is -4.12. The van der Waals surface area contributed by atoms with E-state index in [9.17, 15) is 17.2 Å². The normalized spacial score (nSPS) is 11.4. The summed E-state index contributed by atoms with van der Waals surface area (Å²) < 4.78 is 54.5. The van der Waals surface area contributed by atoms with E-state index in [-0.39, 0.29) is 23.1 Å². The maximum atomic E-state index is 13.6. The van der Waals surface area contributed by atoms with Crippen molar-refractivity contribution in [2.45, 2.75) is 18.4 Å². The van der Waals surface area contributed by atoms with Gasteiger partial charge in [0.1, 0.15) is 16.5 Å². The Morgan fingerprint density at radius 1 is 1.06 bits per heavy atom. The van der Waals surface area contributed by atoms with Crippen molar-refractivity contribution in [1.29, 1.82) is 0 Å². The Bertz CT molecular complexity index is 1390. The Labute approximate surface area is 190 Å². The number of hydrogen-bond acceptors (Lipinski definition) is 6. The van der Waals surface area contributed by atoms with Crippen molar-refractivity contribution in [1.82, 2.24) is 19.3 Å². The average Bonchev–Trinajstić information content (AvgIpc) is 3.09. The number of aromatic nitrogens is 3. The second-order valence-electron chi connectivity index (χ2n) is 7.00. The summed E-state index contributed by atoms with van der Waals surface area (Å²) in [5.41, 5.74) is 3.33. The van der Waals surface area contributed by atoms with Crippen LogP contribution in [0, 0.1) is 18.6 Å². The van der Waals surface area contributed by atoms with E-state index in [4.69, 9.17) is 0 Å². The molecule has 11 heteroatoms. The zero-order chi connectivity index (χ0) is 22.2. The Morgan fingerprint density at radius 3 is 2.53 bits per heavy atom. The van der Waals surface area contributed by atoms with Crippen LogP contribution >= 0.6 is 12.4 Å². The number of halogens is 3. The van der Waals surface area contributed by atoms with Crippen molar-refractivity contribution in [2.24, 2.45) is 0 Å². The summed E-state index contributed by atoms with van der Waals surface area (Å²) >= 11 is 0. The Morgan fingerprint density at radius 2 is 1.84 bits per heavy atom. The van der Waals surface area contributed by atoms with E-state index in [2.05, 4.69) is 20.6 Å². The first-order valence-electron chi connectivity index (χ1n) is 9.33. The van der Waals surface area contributed by atoms with Crippen molar-refractivity contribution in [3.05, 3.63) is 77.9 Å². The summed E-state index contributed by atoms with van der Waals surface area (Å²) in [6.07, 6.45) is 5.07. The number of benzene rings is 1. The third kappa shape index (κ3) is 4.43. The lowest BCUT2D eigenvalue weighted by molar-refractivity contribution is 0.582.